The minimum absolute atomic E-state index is 0.124. The molecule has 0 unspecified atom stereocenters. The molecular weight excluding hydrogens is 422 g/mol. The number of aliphatic carboxylic acids is 1. The first kappa shape index (κ1) is 17.0. The van der Waals surface area contributed by atoms with Gasteiger partial charge in [0.2, 0.25) is 5.91 Å². The van der Waals surface area contributed by atoms with Gasteiger partial charge in [0.1, 0.15) is 6.04 Å². The average molecular weight is 431 g/mol. The van der Waals surface area contributed by atoms with Crippen LogP contribution in [0.3, 0.4) is 0 Å². The molecule has 2 amide bonds. The van der Waals surface area contributed by atoms with Crippen LogP contribution in [-0.2, 0) is 9.59 Å². The van der Waals surface area contributed by atoms with Crippen molar-refractivity contribution in [1.29, 1.82) is 0 Å². The molecule has 0 radical (unpaired) electrons. The molecule has 0 saturated carbocycles. The second kappa shape index (κ2) is 7.09. The molecule has 6 nitrogen and oxygen atoms in total. The van der Waals surface area contributed by atoms with Crippen molar-refractivity contribution in [2.45, 2.75) is 12.5 Å². The molecule has 108 valence electrons. The predicted molar refractivity (Wildman–Crippen MR) is 81.9 cm³/mol. The lowest BCUT2D eigenvalue weighted by Crippen LogP contribution is -2.43. The second-order valence-electron chi connectivity index (χ2n) is 3.78. The molecule has 1 atom stereocenters. The standard InChI is InChI=1S/C11H9Cl2IN2O4/c12-4-1-5(9(14)6(13)2-4)10(18)16-7(11(19)20)3-8(15)17/h1-2,7H,3H2,(H2,15,17)(H,16,18)(H,19,20)/t7-/m1/s1. The van der Waals surface area contributed by atoms with E-state index in [0.717, 1.165) is 0 Å². The maximum atomic E-state index is 12.0. The zero-order chi connectivity index (χ0) is 15.4. The molecule has 1 aromatic carbocycles. The summed E-state index contributed by atoms with van der Waals surface area (Å²) >= 11 is 13.5. The first-order valence-corrected chi connectivity index (χ1v) is 7.02. The minimum Gasteiger partial charge on any atom is -0.480 e. The maximum Gasteiger partial charge on any atom is 0.326 e. The molecule has 0 aliphatic rings. The normalized spacial score (nSPS) is 11.8. The van der Waals surface area contributed by atoms with Gasteiger partial charge in [-0.15, -0.1) is 0 Å². The van der Waals surface area contributed by atoms with Gasteiger partial charge >= 0.3 is 5.97 Å². The summed E-state index contributed by atoms with van der Waals surface area (Å²) in [5.41, 5.74) is 5.05. The lowest BCUT2D eigenvalue weighted by molar-refractivity contribution is -0.140. The zero-order valence-corrected chi connectivity index (χ0v) is 13.5. The van der Waals surface area contributed by atoms with E-state index in [1.54, 1.807) is 0 Å². The summed E-state index contributed by atoms with van der Waals surface area (Å²) in [4.78, 5) is 33.7. The quantitative estimate of drug-likeness (QED) is 0.487. The van der Waals surface area contributed by atoms with Gasteiger partial charge in [0.15, 0.2) is 0 Å². The number of primary amides is 1. The molecule has 4 N–H and O–H groups in total. The fourth-order valence-corrected chi connectivity index (χ4v) is 2.41. The first-order chi connectivity index (χ1) is 9.22. The van der Waals surface area contributed by atoms with Crippen molar-refractivity contribution in [3.63, 3.8) is 0 Å². The summed E-state index contributed by atoms with van der Waals surface area (Å²) in [5.74, 6) is -2.90. The van der Waals surface area contributed by atoms with Gasteiger partial charge in [0, 0.05) is 8.59 Å². The lowest BCUT2D eigenvalue weighted by Gasteiger charge is -2.14. The third kappa shape index (κ3) is 4.50. The average Bonchev–Trinajstić information content (AvgIpc) is 2.32. The molecule has 20 heavy (non-hydrogen) atoms. The monoisotopic (exact) mass is 430 g/mol. The van der Waals surface area contributed by atoms with Crippen LogP contribution in [0, 0.1) is 3.57 Å². The summed E-state index contributed by atoms with van der Waals surface area (Å²) in [5, 5.41) is 11.6. The fourth-order valence-electron chi connectivity index (χ4n) is 1.36. The van der Waals surface area contributed by atoms with E-state index in [-0.39, 0.29) is 15.6 Å². The number of nitrogens with one attached hydrogen (secondary N) is 1. The molecule has 0 aliphatic heterocycles. The van der Waals surface area contributed by atoms with E-state index in [2.05, 4.69) is 5.32 Å². The molecule has 0 aliphatic carbocycles. The summed E-state index contributed by atoms with van der Waals surface area (Å²) in [6, 6.07) is 1.40. The van der Waals surface area contributed by atoms with Crippen LogP contribution in [0.15, 0.2) is 12.1 Å². The third-order valence-electron chi connectivity index (χ3n) is 2.25. The van der Waals surface area contributed by atoms with E-state index < -0.39 is 30.2 Å². The van der Waals surface area contributed by atoms with Gasteiger partial charge in [-0.3, -0.25) is 9.59 Å². The number of carboxylic acids is 1. The number of rotatable bonds is 5. The van der Waals surface area contributed by atoms with Crippen LogP contribution in [-0.4, -0.2) is 28.9 Å². The van der Waals surface area contributed by atoms with E-state index in [9.17, 15) is 14.4 Å². The number of amides is 2. The van der Waals surface area contributed by atoms with E-state index in [1.165, 1.54) is 12.1 Å². The molecule has 0 saturated heterocycles. The summed E-state index contributed by atoms with van der Waals surface area (Å²) in [6.45, 7) is 0. The largest absolute Gasteiger partial charge is 0.480 e. The Morgan fingerprint density at radius 1 is 1.35 bits per heavy atom. The van der Waals surface area contributed by atoms with Crippen LogP contribution in [0.25, 0.3) is 0 Å². The summed E-state index contributed by atoms with van der Waals surface area (Å²) < 4.78 is 0.425. The number of benzene rings is 1. The molecule has 0 heterocycles. The van der Waals surface area contributed by atoms with Gasteiger partial charge in [0.25, 0.3) is 5.91 Å². The molecule has 1 rings (SSSR count). The van der Waals surface area contributed by atoms with Crippen LogP contribution in [0.2, 0.25) is 10.0 Å². The Kier molecular flexibility index (Phi) is 6.03. The van der Waals surface area contributed by atoms with Crippen LogP contribution in [0.5, 0.6) is 0 Å². The van der Waals surface area contributed by atoms with Gasteiger partial charge in [-0.25, -0.2) is 4.79 Å². The van der Waals surface area contributed by atoms with Crippen molar-refractivity contribution in [2.75, 3.05) is 0 Å². The highest BCUT2D eigenvalue weighted by atomic mass is 127. The smallest absolute Gasteiger partial charge is 0.326 e. The highest BCUT2D eigenvalue weighted by Crippen LogP contribution is 2.26. The Morgan fingerprint density at radius 3 is 2.45 bits per heavy atom. The van der Waals surface area contributed by atoms with E-state index in [1.807, 2.05) is 22.6 Å². The van der Waals surface area contributed by atoms with Gasteiger partial charge < -0.3 is 16.2 Å². The fraction of sp³-hybridized carbons (Fsp3) is 0.182. The number of carbonyl (C=O) groups excluding carboxylic acids is 2. The number of hydrogen-bond donors (Lipinski definition) is 3. The van der Waals surface area contributed by atoms with Gasteiger partial charge in [0.05, 0.1) is 17.0 Å². The molecule has 0 fully saturated rings. The van der Waals surface area contributed by atoms with Crippen molar-refractivity contribution in [2.24, 2.45) is 5.73 Å². The summed E-state index contributed by atoms with van der Waals surface area (Å²) in [6.07, 6.45) is -0.508. The van der Waals surface area contributed by atoms with Crippen molar-refractivity contribution in [3.05, 3.63) is 31.3 Å². The number of halogens is 3. The Labute approximate surface area is 137 Å². The van der Waals surface area contributed by atoms with Gasteiger partial charge in [-0.2, -0.15) is 0 Å². The number of carbonyl (C=O) groups is 3. The second-order valence-corrected chi connectivity index (χ2v) is 5.71. The molecule has 9 heteroatoms. The van der Waals surface area contributed by atoms with Gasteiger partial charge in [-0.05, 0) is 34.7 Å². The first-order valence-electron chi connectivity index (χ1n) is 5.19. The Hall–Kier alpha value is -1.06. The Morgan fingerprint density at radius 2 is 1.95 bits per heavy atom. The van der Waals surface area contributed by atoms with E-state index in [4.69, 9.17) is 34.0 Å². The molecule has 1 aromatic rings. The van der Waals surface area contributed by atoms with Crippen LogP contribution >= 0.6 is 45.8 Å². The van der Waals surface area contributed by atoms with E-state index >= 15 is 0 Å². The highest BCUT2D eigenvalue weighted by Gasteiger charge is 2.24. The molecular formula is C11H9Cl2IN2O4. The highest BCUT2D eigenvalue weighted by molar-refractivity contribution is 14.1. The number of hydrogen-bond acceptors (Lipinski definition) is 3. The van der Waals surface area contributed by atoms with Crippen LogP contribution in [0.1, 0.15) is 16.8 Å². The van der Waals surface area contributed by atoms with Crippen LogP contribution in [0.4, 0.5) is 0 Å². The maximum absolute atomic E-state index is 12.0. The molecule has 0 aromatic heterocycles. The van der Waals surface area contributed by atoms with Crippen molar-refractivity contribution in [1.82, 2.24) is 5.32 Å². The Bertz CT molecular complexity index is 580. The molecule has 0 spiro atoms. The third-order valence-corrected chi connectivity index (χ3v) is 4.24. The van der Waals surface area contributed by atoms with Gasteiger partial charge in [-0.1, -0.05) is 23.2 Å². The zero-order valence-electron chi connectivity index (χ0n) is 9.82. The Balaban J connectivity index is 3.00. The molecule has 0 bridgehead atoms. The van der Waals surface area contributed by atoms with Crippen molar-refractivity contribution < 1.29 is 19.5 Å². The SMILES string of the molecule is NC(=O)C[C@@H](NC(=O)c1cc(Cl)cc(Cl)c1I)C(=O)O. The van der Waals surface area contributed by atoms with Crippen molar-refractivity contribution >= 4 is 63.6 Å². The van der Waals surface area contributed by atoms with Crippen LogP contribution < -0.4 is 11.1 Å². The lowest BCUT2D eigenvalue weighted by atomic mass is 10.1. The number of carboxylic acid groups (broad SMARTS) is 1. The predicted octanol–water partition coefficient (Wildman–Crippen LogP) is 1.66. The minimum atomic E-state index is -1.41. The van der Waals surface area contributed by atoms with E-state index in [0.29, 0.717) is 3.57 Å². The topological polar surface area (TPSA) is 109 Å². The van der Waals surface area contributed by atoms with Crippen molar-refractivity contribution in [3.8, 4) is 0 Å². The number of nitrogens with two attached hydrogens (primary N) is 1. The summed E-state index contributed by atoms with van der Waals surface area (Å²) in [7, 11) is 0.